The Morgan fingerprint density at radius 2 is 1.74 bits per heavy atom. The lowest BCUT2D eigenvalue weighted by atomic mass is 10.2. The van der Waals surface area contributed by atoms with Gasteiger partial charge < -0.3 is 0 Å². The van der Waals surface area contributed by atoms with E-state index in [1.165, 1.54) is 18.3 Å². The second-order valence-corrected chi connectivity index (χ2v) is 5.11. The number of hydrogen-bond donors (Lipinski definition) is 1. The summed E-state index contributed by atoms with van der Waals surface area (Å²) < 4.78 is 0. The van der Waals surface area contributed by atoms with Gasteiger partial charge in [-0.05, 0) is 12.1 Å². The molecule has 2 rings (SSSR count). The Kier molecular flexibility index (Phi) is 4.56. The van der Waals surface area contributed by atoms with Crippen molar-refractivity contribution in [2.75, 3.05) is 5.43 Å². The lowest BCUT2D eigenvalue weighted by Gasteiger charge is -2.01. The third-order valence-electron chi connectivity index (χ3n) is 2.56. The summed E-state index contributed by atoms with van der Waals surface area (Å²) in [6.07, 6.45) is 1.25. The Hall–Kier alpha value is -3.41. The van der Waals surface area contributed by atoms with Crippen LogP contribution >= 0.6 is 11.3 Å². The van der Waals surface area contributed by atoms with Gasteiger partial charge in [-0.2, -0.15) is 5.10 Å². The van der Waals surface area contributed by atoms with Crippen LogP contribution in [0.1, 0.15) is 4.88 Å². The highest BCUT2D eigenvalue weighted by Crippen LogP contribution is 2.29. The van der Waals surface area contributed by atoms with E-state index < -0.39 is 26.1 Å². The van der Waals surface area contributed by atoms with Crippen LogP contribution in [0.15, 0.2) is 35.4 Å². The lowest BCUT2D eigenvalue weighted by molar-refractivity contribution is -0.393. The fourth-order valence-electron chi connectivity index (χ4n) is 1.55. The normalized spacial score (nSPS) is 10.6. The number of nitro benzene ring substituents is 2. The number of rotatable bonds is 6. The molecular formula is C11H7N5O6S. The van der Waals surface area contributed by atoms with Crippen molar-refractivity contribution in [3.05, 3.63) is 65.6 Å². The van der Waals surface area contributed by atoms with Gasteiger partial charge in [0, 0.05) is 12.1 Å². The van der Waals surface area contributed by atoms with E-state index >= 15 is 0 Å². The fraction of sp³-hybridized carbons (Fsp3) is 0. The Morgan fingerprint density at radius 3 is 2.30 bits per heavy atom. The average Bonchev–Trinajstić information content (AvgIpc) is 2.96. The number of hydrogen-bond acceptors (Lipinski definition) is 9. The summed E-state index contributed by atoms with van der Waals surface area (Å²) in [6, 6.07) is 5.84. The summed E-state index contributed by atoms with van der Waals surface area (Å²) in [6.45, 7) is 0. The van der Waals surface area contributed by atoms with Crippen molar-refractivity contribution in [2.24, 2.45) is 5.10 Å². The number of benzene rings is 1. The zero-order chi connectivity index (χ0) is 17.0. The molecule has 0 saturated carbocycles. The summed E-state index contributed by atoms with van der Waals surface area (Å²) in [5, 5.41) is 35.8. The Labute approximate surface area is 131 Å². The number of anilines is 1. The molecule has 118 valence electrons. The van der Waals surface area contributed by atoms with Crippen molar-refractivity contribution in [1.82, 2.24) is 0 Å². The van der Waals surface area contributed by atoms with Gasteiger partial charge in [0.1, 0.15) is 5.69 Å². The van der Waals surface area contributed by atoms with Crippen LogP contribution in [-0.4, -0.2) is 21.0 Å². The van der Waals surface area contributed by atoms with Gasteiger partial charge in [-0.1, -0.05) is 11.3 Å². The molecule has 12 heteroatoms. The minimum atomic E-state index is -0.777. The molecule has 0 unspecified atom stereocenters. The largest absolute Gasteiger partial charge is 0.324 e. The first kappa shape index (κ1) is 16.0. The molecule has 2 aromatic rings. The zero-order valence-electron chi connectivity index (χ0n) is 11.1. The van der Waals surface area contributed by atoms with Gasteiger partial charge in [-0.15, -0.1) is 0 Å². The first-order valence-corrected chi connectivity index (χ1v) is 6.66. The molecule has 1 aromatic heterocycles. The quantitative estimate of drug-likeness (QED) is 0.482. The van der Waals surface area contributed by atoms with E-state index in [2.05, 4.69) is 10.5 Å². The third-order valence-corrected chi connectivity index (χ3v) is 3.53. The third kappa shape index (κ3) is 3.82. The van der Waals surface area contributed by atoms with E-state index in [-0.39, 0.29) is 10.7 Å². The van der Waals surface area contributed by atoms with E-state index in [0.29, 0.717) is 4.88 Å². The van der Waals surface area contributed by atoms with Crippen LogP contribution in [0.3, 0.4) is 0 Å². The Bertz CT molecular complexity index is 817. The summed E-state index contributed by atoms with van der Waals surface area (Å²) in [5.74, 6) is 0. The van der Waals surface area contributed by atoms with Gasteiger partial charge in [0.25, 0.3) is 5.69 Å². The summed E-state index contributed by atoms with van der Waals surface area (Å²) in [5.41, 5.74) is 1.43. The topological polar surface area (TPSA) is 154 Å². The summed E-state index contributed by atoms with van der Waals surface area (Å²) >= 11 is 0.881. The highest BCUT2D eigenvalue weighted by atomic mass is 32.1. The van der Waals surface area contributed by atoms with Crippen molar-refractivity contribution in [3.8, 4) is 0 Å². The SMILES string of the molecule is O=[N+]([O-])c1ccc(NN=Cc2ccc([N+](=O)[O-])s2)c([N+](=O)[O-])c1. The standard InChI is InChI=1S/C11H7N5O6S/c17-14(18)7-1-3-9(10(5-7)15(19)20)13-12-6-8-2-4-11(23-8)16(21)22/h1-6,13H. The van der Waals surface area contributed by atoms with Crippen molar-refractivity contribution in [1.29, 1.82) is 0 Å². The molecule has 11 nitrogen and oxygen atoms in total. The van der Waals surface area contributed by atoms with Crippen molar-refractivity contribution < 1.29 is 14.8 Å². The minimum absolute atomic E-state index is 0.0390. The van der Waals surface area contributed by atoms with Gasteiger partial charge >= 0.3 is 10.7 Å². The first-order valence-electron chi connectivity index (χ1n) is 5.84. The smallest absolute Gasteiger partial charge is 0.272 e. The molecule has 23 heavy (non-hydrogen) atoms. The van der Waals surface area contributed by atoms with Gasteiger partial charge in [-0.3, -0.25) is 35.8 Å². The van der Waals surface area contributed by atoms with Crippen molar-refractivity contribution in [2.45, 2.75) is 0 Å². The summed E-state index contributed by atoms with van der Waals surface area (Å²) in [4.78, 5) is 30.5. The lowest BCUT2D eigenvalue weighted by Crippen LogP contribution is -1.98. The second kappa shape index (κ2) is 6.57. The summed E-state index contributed by atoms with van der Waals surface area (Å²) in [7, 11) is 0. The predicted molar refractivity (Wildman–Crippen MR) is 81.9 cm³/mol. The van der Waals surface area contributed by atoms with Gasteiger partial charge in [0.05, 0.1) is 31.9 Å². The van der Waals surface area contributed by atoms with Crippen LogP contribution < -0.4 is 5.43 Å². The predicted octanol–water partition coefficient (Wildman–Crippen LogP) is 2.92. The minimum Gasteiger partial charge on any atom is -0.272 e. The molecule has 0 aliphatic rings. The second-order valence-electron chi connectivity index (χ2n) is 4.02. The molecule has 1 heterocycles. The van der Waals surface area contributed by atoms with Crippen LogP contribution in [0.2, 0.25) is 0 Å². The molecule has 1 N–H and O–H groups in total. The zero-order valence-corrected chi connectivity index (χ0v) is 11.9. The van der Waals surface area contributed by atoms with Gasteiger partial charge in [0.2, 0.25) is 0 Å². The van der Waals surface area contributed by atoms with E-state index in [0.717, 1.165) is 29.5 Å². The molecule has 1 aromatic carbocycles. The van der Waals surface area contributed by atoms with Crippen LogP contribution in [0, 0.1) is 30.3 Å². The van der Waals surface area contributed by atoms with E-state index in [9.17, 15) is 30.3 Å². The molecule has 0 saturated heterocycles. The molecule has 0 atom stereocenters. The Balaban J connectivity index is 2.18. The molecular weight excluding hydrogens is 330 g/mol. The van der Waals surface area contributed by atoms with Crippen LogP contribution in [0.5, 0.6) is 0 Å². The monoisotopic (exact) mass is 337 g/mol. The first-order chi connectivity index (χ1) is 10.9. The number of nitrogens with zero attached hydrogens (tertiary/aromatic N) is 4. The van der Waals surface area contributed by atoms with E-state index in [4.69, 9.17) is 0 Å². The Morgan fingerprint density at radius 1 is 1.00 bits per heavy atom. The molecule has 0 aliphatic heterocycles. The maximum Gasteiger partial charge on any atom is 0.324 e. The van der Waals surface area contributed by atoms with Crippen LogP contribution in [-0.2, 0) is 0 Å². The molecule has 0 bridgehead atoms. The number of nitro groups is 3. The van der Waals surface area contributed by atoms with Crippen molar-refractivity contribution >= 4 is 39.6 Å². The molecule has 0 radical (unpaired) electrons. The average molecular weight is 337 g/mol. The molecule has 0 amide bonds. The van der Waals surface area contributed by atoms with Gasteiger partial charge in [0.15, 0.2) is 0 Å². The maximum atomic E-state index is 10.9. The fourth-order valence-corrected chi connectivity index (χ4v) is 2.25. The molecule has 0 spiro atoms. The number of thiophene rings is 1. The number of nitrogens with one attached hydrogen (secondary N) is 1. The molecule has 0 aliphatic carbocycles. The number of non-ortho nitro benzene ring substituents is 1. The van der Waals surface area contributed by atoms with Gasteiger partial charge in [-0.25, -0.2) is 0 Å². The van der Waals surface area contributed by atoms with Crippen molar-refractivity contribution in [3.63, 3.8) is 0 Å². The van der Waals surface area contributed by atoms with Crippen LogP contribution in [0.4, 0.5) is 22.1 Å². The highest BCUT2D eigenvalue weighted by Gasteiger charge is 2.19. The molecule has 0 fully saturated rings. The van der Waals surface area contributed by atoms with E-state index in [1.807, 2.05) is 0 Å². The van der Waals surface area contributed by atoms with Crippen LogP contribution in [0.25, 0.3) is 0 Å². The van der Waals surface area contributed by atoms with E-state index in [1.54, 1.807) is 0 Å². The number of hydrazone groups is 1. The maximum absolute atomic E-state index is 10.9. The highest BCUT2D eigenvalue weighted by molar-refractivity contribution is 7.16.